The minimum atomic E-state index is 0.548. The number of aromatic nitrogens is 6. The molecule has 14 rings (SSSR count). The van der Waals surface area contributed by atoms with Crippen LogP contribution in [0.1, 0.15) is 0 Å². The number of hydrogen-bond acceptors (Lipinski definition) is 3. The van der Waals surface area contributed by atoms with E-state index in [1.54, 1.807) is 0 Å². The zero-order chi connectivity index (χ0) is 45.4. The van der Waals surface area contributed by atoms with E-state index >= 15 is 0 Å². The van der Waals surface area contributed by atoms with E-state index in [1.165, 1.54) is 32.8 Å². The molecule has 0 saturated heterocycles. The van der Waals surface area contributed by atoms with Crippen LogP contribution in [-0.2, 0) is 0 Å². The van der Waals surface area contributed by atoms with Gasteiger partial charge >= 0.3 is 0 Å². The molecule has 6 nitrogen and oxygen atoms in total. The lowest BCUT2D eigenvalue weighted by Gasteiger charge is -2.14. The first kappa shape index (κ1) is 38.8. The highest BCUT2D eigenvalue weighted by atomic mass is 15.2. The summed E-state index contributed by atoms with van der Waals surface area (Å²) < 4.78 is 7.03. The molecule has 0 saturated carbocycles. The van der Waals surface area contributed by atoms with Crippen molar-refractivity contribution in [2.75, 3.05) is 0 Å². The van der Waals surface area contributed by atoms with Gasteiger partial charge in [-0.05, 0) is 76.9 Å². The summed E-state index contributed by atoms with van der Waals surface area (Å²) in [6, 6.07) is 86.3. The summed E-state index contributed by atoms with van der Waals surface area (Å²) in [5.74, 6) is 1.74. The Hall–Kier alpha value is -9.39. The van der Waals surface area contributed by atoms with Crippen molar-refractivity contribution in [1.29, 1.82) is 0 Å². The molecule has 14 aromatic rings. The summed E-state index contributed by atoms with van der Waals surface area (Å²) in [4.78, 5) is 16.2. The Morgan fingerprint density at radius 3 is 1.29 bits per heavy atom. The molecule has 69 heavy (non-hydrogen) atoms. The van der Waals surface area contributed by atoms with Crippen LogP contribution in [0.4, 0.5) is 0 Å². The molecule has 0 spiro atoms. The highest BCUT2D eigenvalue weighted by molar-refractivity contribution is 6.23. The monoisotopic (exact) mass is 880 g/mol. The van der Waals surface area contributed by atoms with Crippen LogP contribution in [0.5, 0.6) is 0 Å². The van der Waals surface area contributed by atoms with Gasteiger partial charge in [0.2, 0.25) is 5.95 Å². The molecule has 0 N–H and O–H groups in total. The van der Waals surface area contributed by atoms with Crippen molar-refractivity contribution in [2.45, 2.75) is 0 Å². The molecule has 0 unspecified atom stereocenters. The van der Waals surface area contributed by atoms with Gasteiger partial charge in [-0.3, -0.25) is 4.57 Å². The van der Waals surface area contributed by atoms with Crippen LogP contribution < -0.4 is 0 Å². The molecule has 0 aliphatic carbocycles. The van der Waals surface area contributed by atoms with Gasteiger partial charge in [-0.2, -0.15) is 9.97 Å². The summed E-state index contributed by atoms with van der Waals surface area (Å²) in [5.41, 5.74) is 15.2. The van der Waals surface area contributed by atoms with E-state index < -0.39 is 0 Å². The molecule has 4 heterocycles. The zero-order valence-electron chi connectivity index (χ0n) is 37.3. The average molecular weight is 881 g/mol. The number of rotatable bonds is 7. The minimum absolute atomic E-state index is 0.548. The molecule has 0 radical (unpaired) electrons. The second-order valence-corrected chi connectivity index (χ2v) is 17.6. The molecule has 0 aliphatic rings. The van der Waals surface area contributed by atoms with Gasteiger partial charge in [0.05, 0.1) is 33.1 Å². The highest BCUT2D eigenvalue weighted by Gasteiger charge is 2.24. The maximum absolute atomic E-state index is 5.49. The fraction of sp³-hybridized carbons (Fsp3) is 0. The van der Waals surface area contributed by atoms with Crippen molar-refractivity contribution in [3.05, 3.63) is 243 Å². The topological polar surface area (TPSA) is 53.5 Å². The van der Waals surface area contributed by atoms with Crippen LogP contribution in [0.2, 0.25) is 0 Å². The third-order valence-corrected chi connectivity index (χ3v) is 13.7. The Labute approximate surface area is 397 Å². The second kappa shape index (κ2) is 15.6. The summed E-state index contributed by atoms with van der Waals surface area (Å²) in [5, 5.41) is 6.93. The van der Waals surface area contributed by atoms with Gasteiger partial charge in [-0.1, -0.05) is 188 Å². The number of fused-ring (bicyclic) bond motifs is 10. The van der Waals surface area contributed by atoms with E-state index in [1.807, 2.05) is 18.2 Å². The first-order valence-corrected chi connectivity index (χ1v) is 23.4. The molecule has 0 amide bonds. The van der Waals surface area contributed by atoms with E-state index in [2.05, 4.69) is 238 Å². The van der Waals surface area contributed by atoms with E-state index in [9.17, 15) is 0 Å². The van der Waals surface area contributed by atoms with E-state index in [0.717, 1.165) is 77.3 Å². The Morgan fingerprint density at radius 1 is 0.232 bits per heavy atom. The maximum atomic E-state index is 5.49. The molecular weight excluding hydrogens is 841 g/mol. The Balaban J connectivity index is 1.02. The highest BCUT2D eigenvalue weighted by Crippen LogP contribution is 2.42. The normalized spacial score (nSPS) is 11.8. The fourth-order valence-electron chi connectivity index (χ4n) is 10.6. The van der Waals surface area contributed by atoms with Gasteiger partial charge in [0.1, 0.15) is 0 Å². The predicted molar refractivity (Wildman–Crippen MR) is 285 cm³/mol. The number of nitrogens with zero attached hydrogens (tertiary/aromatic N) is 6. The van der Waals surface area contributed by atoms with Crippen LogP contribution in [0.3, 0.4) is 0 Å². The van der Waals surface area contributed by atoms with Crippen LogP contribution in [0.25, 0.3) is 128 Å². The molecule has 6 heteroatoms. The second-order valence-electron chi connectivity index (χ2n) is 17.6. The molecule has 0 fully saturated rings. The summed E-state index contributed by atoms with van der Waals surface area (Å²) >= 11 is 0. The molecule has 322 valence electrons. The Morgan fingerprint density at radius 2 is 0.652 bits per heavy atom. The van der Waals surface area contributed by atoms with Gasteiger partial charge in [0.15, 0.2) is 11.6 Å². The van der Waals surface area contributed by atoms with Gasteiger partial charge in [-0.15, -0.1) is 0 Å². The quantitative estimate of drug-likeness (QED) is 0.160. The van der Waals surface area contributed by atoms with Crippen molar-refractivity contribution < 1.29 is 0 Å². The summed E-state index contributed by atoms with van der Waals surface area (Å²) in [6.07, 6.45) is 0. The smallest absolute Gasteiger partial charge is 0.238 e. The van der Waals surface area contributed by atoms with Gasteiger partial charge in [-0.25, -0.2) is 4.98 Å². The molecular formula is C63H40N6. The Kier molecular flexibility index (Phi) is 8.79. The van der Waals surface area contributed by atoms with Crippen molar-refractivity contribution in [2.24, 2.45) is 0 Å². The van der Waals surface area contributed by atoms with E-state index in [0.29, 0.717) is 17.6 Å². The van der Waals surface area contributed by atoms with Crippen LogP contribution in [-0.4, -0.2) is 28.7 Å². The zero-order valence-corrected chi connectivity index (χ0v) is 37.3. The van der Waals surface area contributed by atoms with Crippen molar-refractivity contribution in [3.8, 4) is 62.4 Å². The van der Waals surface area contributed by atoms with Crippen LogP contribution >= 0.6 is 0 Å². The fourth-order valence-corrected chi connectivity index (χ4v) is 10.6. The number of para-hydroxylation sites is 4. The molecule has 10 aromatic carbocycles. The molecule has 0 aliphatic heterocycles. The SMILES string of the molecule is c1ccc(-c2cccc(-c3ccc(-n4c5ccccc5c5ccc6c7ccccc7n(-c7nc(-c8ccccc8)nc(-c8ccc9c%10ccccc%10n(-c%10ccccc%10)c9c8)n7)c6c54)cc3)c2)cc1. The lowest BCUT2D eigenvalue weighted by molar-refractivity contribution is 0.953. The molecule has 0 atom stereocenters. The lowest BCUT2D eigenvalue weighted by Crippen LogP contribution is -2.07. The van der Waals surface area contributed by atoms with Crippen molar-refractivity contribution >= 4 is 65.4 Å². The molecule has 4 aromatic heterocycles. The summed E-state index contributed by atoms with van der Waals surface area (Å²) in [7, 11) is 0. The van der Waals surface area contributed by atoms with E-state index in [-0.39, 0.29) is 0 Å². The van der Waals surface area contributed by atoms with Crippen LogP contribution in [0.15, 0.2) is 243 Å². The standard InChI is InChI=1S/C63H40N6/c1-4-17-41(18-5-1)44-21-16-22-45(39-44)42-31-34-48(35-32-42)68-56-29-14-11-26-50(56)53-37-38-54-51-27-12-15-30-57(51)69(60(54)59(53)68)63-65-61(43-19-6-2-7-20-43)64-62(66-63)46-33-36-52-49-25-10-13-28-55(49)67(58(52)40-46)47-23-8-3-9-24-47/h1-40H. The minimum Gasteiger partial charge on any atom is -0.309 e. The maximum Gasteiger partial charge on any atom is 0.238 e. The summed E-state index contributed by atoms with van der Waals surface area (Å²) in [6.45, 7) is 0. The first-order chi connectivity index (χ1) is 34.2. The van der Waals surface area contributed by atoms with Crippen molar-refractivity contribution in [1.82, 2.24) is 28.7 Å². The number of benzene rings is 10. The van der Waals surface area contributed by atoms with Gasteiger partial charge < -0.3 is 9.13 Å². The van der Waals surface area contributed by atoms with Gasteiger partial charge in [0, 0.05) is 54.8 Å². The lowest BCUT2D eigenvalue weighted by atomic mass is 9.99. The first-order valence-electron chi connectivity index (χ1n) is 23.4. The third kappa shape index (κ3) is 6.23. The largest absolute Gasteiger partial charge is 0.309 e. The average Bonchev–Trinajstić information content (AvgIpc) is 4.07. The van der Waals surface area contributed by atoms with Gasteiger partial charge in [0.25, 0.3) is 0 Å². The Bertz CT molecular complexity index is 4280. The number of hydrogen-bond donors (Lipinski definition) is 0. The third-order valence-electron chi connectivity index (χ3n) is 13.7. The van der Waals surface area contributed by atoms with E-state index in [4.69, 9.17) is 15.0 Å². The molecule has 0 bridgehead atoms. The van der Waals surface area contributed by atoms with Crippen molar-refractivity contribution in [3.63, 3.8) is 0 Å². The predicted octanol–water partition coefficient (Wildman–Crippen LogP) is 15.8. The van der Waals surface area contributed by atoms with Crippen LogP contribution in [0, 0.1) is 0 Å².